The summed E-state index contributed by atoms with van der Waals surface area (Å²) in [7, 11) is 1.99. The molecule has 0 aromatic heterocycles. The summed E-state index contributed by atoms with van der Waals surface area (Å²) >= 11 is 3.57. The maximum absolute atomic E-state index is 5.74. The largest absolute Gasteiger partial charge is 0.375 e. The van der Waals surface area contributed by atoms with E-state index in [2.05, 4.69) is 51.3 Å². The van der Waals surface area contributed by atoms with Crippen LogP contribution in [0, 0.1) is 0 Å². The van der Waals surface area contributed by atoms with Crippen molar-refractivity contribution in [2.24, 2.45) is 0 Å². The Hall–Kier alpha value is -0.580. The van der Waals surface area contributed by atoms with Crippen molar-refractivity contribution in [1.82, 2.24) is 5.32 Å². The SMILES string of the molecule is CCC1CN(c2cc(Br)ccc2CNC)CCO1. The molecule has 1 aliphatic rings. The van der Waals surface area contributed by atoms with Crippen LogP contribution in [-0.4, -0.2) is 32.8 Å². The molecule has 18 heavy (non-hydrogen) atoms. The van der Waals surface area contributed by atoms with Crippen LogP contribution >= 0.6 is 15.9 Å². The average molecular weight is 313 g/mol. The molecule has 1 unspecified atom stereocenters. The molecule has 2 rings (SSSR count). The first kappa shape index (κ1) is 13.8. The highest BCUT2D eigenvalue weighted by Gasteiger charge is 2.21. The minimum atomic E-state index is 0.361. The zero-order chi connectivity index (χ0) is 13.0. The molecule has 4 heteroatoms. The van der Waals surface area contributed by atoms with E-state index >= 15 is 0 Å². The minimum absolute atomic E-state index is 0.361. The molecule has 0 spiro atoms. The molecule has 1 fully saturated rings. The van der Waals surface area contributed by atoms with Crippen molar-refractivity contribution in [2.45, 2.75) is 26.0 Å². The fourth-order valence-corrected chi connectivity index (χ4v) is 2.71. The lowest BCUT2D eigenvalue weighted by molar-refractivity contribution is 0.0384. The molecule has 0 aliphatic carbocycles. The Balaban J connectivity index is 2.22. The zero-order valence-corrected chi connectivity index (χ0v) is 12.7. The molecule has 1 saturated heterocycles. The van der Waals surface area contributed by atoms with Crippen molar-refractivity contribution in [2.75, 3.05) is 31.6 Å². The summed E-state index contributed by atoms with van der Waals surface area (Å²) in [5.74, 6) is 0. The van der Waals surface area contributed by atoms with Crippen molar-refractivity contribution in [3.05, 3.63) is 28.2 Å². The van der Waals surface area contributed by atoms with Crippen molar-refractivity contribution >= 4 is 21.6 Å². The molecule has 3 nitrogen and oxygen atoms in total. The van der Waals surface area contributed by atoms with Gasteiger partial charge in [0.05, 0.1) is 12.7 Å². The standard InChI is InChI=1S/C14H21BrN2O/c1-3-13-10-17(6-7-18-13)14-8-12(15)5-4-11(14)9-16-2/h4-5,8,13,16H,3,6-7,9-10H2,1-2H3. The topological polar surface area (TPSA) is 24.5 Å². The van der Waals surface area contributed by atoms with E-state index < -0.39 is 0 Å². The van der Waals surface area contributed by atoms with E-state index in [9.17, 15) is 0 Å². The average Bonchev–Trinajstić information content (AvgIpc) is 2.41. The van der Waals surface area contributed by atoms with Crippen molar-refractivity contribution in [1.29, 1.82) is 0 Å². The van der Waals surface area contributed by atoms with Gasteiger partial charge in [0.2, 0.25) is 0 Å². The summed E-state index contributed by atoms with van der Waals surface area (Å²) < 4.78 is 6.88. The molecule has 100 valence electrons. The Morgan fingerprint density at radius 3 is 3.06 bits per heavy atom. The van der Waals surface area contributed by atoms with Gasteiger partial charge >= 0.3 is 0 Å². The maximum atomic E-state index is 5.74. The number of hydrogen-bond acceptors (Lipinski definition) is 3. The molecular weight excluding hydrogens is 292 g/mol. The molecule has 0 amide bonds. The van der Waals surface area contributed by atoms with E-state index in [1.54, 1.807) is 0 Å². The van der Waals surface area contributed by atoms with Crippen LogP contribution in [0.3, 0.4) is 0 Å². The molecule has 1 N–H and O–H groups in total. The molecule has 1 atom stereocenters. The third-order valence-corrected chi connectivity index (χ3v) is 3.84. The second kappa shape index (κ2) is 6.55. The lowest BCUT2D eigenvalue weighted by atomic mass is 10.1. The van der Waals surface area contributed by atoms with E-state index in [0.717, 1.165) is 37.1 Å². The van der Waals surface area contributed by atoms with Gasteiger partial charge in [-0.2, -0.15) is 0 Å². The van der Waals surface area contributed by atoms with E-state index in [4.69, 9.17) is 4.74 Å². The molecule has 1 aliphatic heterocycles. The van der Waals surface area contributed by atoms with Crippen LogP contribution in [-0.2, 0) is 11.3 Å². The second-order valence-corrected chi connectivity index (χ2v) is 5.57. The van der Waals surface area contributed by atoms with Gasteiger partial charge in [0.15, 0.2) is 0 Å². The number of ether oxygens (including phenoxy) is 1. The van der Waals surface area contributed by atoms with E-state index in [1.165, 1.54) is 11.3 Å². The van der Waals surface area contributed by atoms with Crippen LogP contribution < -0.4 is 10.2 Å². The van der Waals surface area contributed by atoms with Gasteiger partial charge in [0.1, 0.15) is 0 Å². The molecule has 1 aromatic carbocycles. The first-order valence-corrected chi connectivity index (χ1v) is 7.33. The number of hydrogen-bond donors (Lipinski definition) is 1. The van der Waals surface area contributed by atoms with Gasteiger partial charge in [0.25, 0.3) is 0 Å². The number of anilines is 1. The van der Waals surface area contributed by atoms with Crippen LogP contribution in [0.1, 0.15) is 18.9 Å². The lowest BCUT2D eigenvalue weighted by Crippen LogP contribution is -2.42. The predicted octanol–water partition coefficient (Wildman–Crippen LogP) is 2.78. The minimum Gasteiger partial charge on any atom is -0.375 e. The Bertz CT molecular complexity index is 397. The van der Waals surface area contributed by atoms with Gasteiger partial charge in [-0.15, -0.1) is 0 Å². The van der Waals surface area contributed by atoms with Gasteiger partial charge in [-0.1, -0.05) is 28.9 Å². The number of rotatable bonds is 4. The molecule has 1 heterocycles. The summed E-state index contributed by atoms with van der Waals surface area (Å²) in [6, 6.07) is 6.50. The summed E-state index contributed by atoms with van der Waals surface area (Å²) in [4.78, 5) is 2.44. The number of halogens is 1. The summed E-state index contributed by atoms with van der Waals surface area (Å²) in [6.45, 7) is 5.87. The monoisotopic (exact) mass is 312 g/mol. The Labute approximate surface area is 118 Å². The third kappa shape index (κ3) is 3.25. The van der Waals surface area contributed by atoms with Crippen LogP contribution in [0.25, 0.3) is 0 Å². The van der Waals surface area contributed by atoms with E-state index in [1.807, 2.05) is 7.05 Å². The Morgan fingerprint density at radius 1 is 1.50 bits per heavy atom. The van der Waals surface area contributed by atoms with Crippen LogP contribution in [0.5, 0.6) is 0 Å². The molecular formula is C14H21BrN2O. The van der Waals surface area contributed by atoms with Gasteiger partial charge in [-0.3, -0.25) is 0 Å². The fourth-order valence-electron chi connectivity index (χ4n) is 2.36. The van der Waals surface area contributed by atoms with Crippen molar-refractivity contribution < 1.29 is 4.74 Å². The summed E-state index contributed by atoms with van der Waals surface area (Å²) in [5.41, 5.74) is 2.66. The van der Waals surface area contributed by atoms with Crippen LogP contribution in [0.4, 0.5) is 5.69 Å². The number of benzene rings is 1. The van der Waals surface area contributed by atoms with Crippen LogP contribution in [0.15, 0.2) is 22.7 Å². The predicted molar refractivity (Wildman–Crippen MR) is 79.1 cm³/mol. The van der Waals surface area contributed by atoms with Crippen molar-refractivity contribution in [3.8, 4) is 0 Å². The zero-order valence-electron chi connectivity index (χ0n) is 11.1. The van der Waals surface area contributed by atoms with Crippen molar-refractivity contribution in [3.63, 3.8) is 0 Å². The maximum Gasteiger partial charge on any atom is 0.0748 e. The smallest absolute Gasteiger partial charge is 0.0748 e. The quantitative estimate of drug-likeness (QED) is 0.925. The van der Waals surface area contributed by atoms with Crippen LogP contribution in [0.2, 0.25) is 0 Å². The van der Waals surface area contributed by atoms with Gasteiger partial charge in [0, 0.05) is 29.8 Å². The highest BCUT2D eigenvalue weighted by atomic mass is 79.9. The highest BCUT2D eigenvalue weighted by molar-refractivity contribution is 9.10. The molecule has 0 radical (unpaired) electrons. The summed E-state index contributed by atoms with van der Waals surface area (Å²) in [5, 5.41) is 3.23. The third-order valence-electron chi connectivity index (χ3n) is 3.35. The number of nitrogens with zero attached hydrogens (tertiary/aromatic N) is 1. The molecule has 0 saturated carbocycles. The molecule has 0 bridgehead atoms. The van der Waals surface area contributed by atoms with Gasteiger partial charge in [-0.05, 0) is 31.2 Å². The van der Waals surface area contributed by atoms with E-state index in [-0.39, 0.29) is 0 Å². The first-order chi connectivity index (χ1) is 8.74. The summed E-state index contributed by atoms with van der Waals surface area (Å²) in [6.07, 6.45) is 1.44. The first-order valence-electron chi connectivity index (χ1n) is 6.54. The van der Waals surface area contributed by atoms with Gasteiger partial charge in [-0.25, -0.2) is 0 Å². The number of morpholine rings is 1. The highest BCUT2D eigenvalue weighted by Crippen LogP contribution is 2.27. The Morgan fingerprint density at radius 2 is 2.33 bits per heavy atom. The molecule has 1 aromatic rings. The van der Waals surface area contributed by atoms with E-state index in [0.29, 0.717) is 6.10 Å². The Kier molecular flexibility index (Phi) is 5.03. The second-order valence-electron chi connectivity index (χ2n) is 4.65. The van der Waals surface area contributed by atoms with Gasteiger partial charge < -0.3 is 15.0 Å². The lowest BCUT2D eigenvalue weighted by Gasteiger charge is -2.35. The fraction of sp³-hybridized carbons (Fsp3) is 0.571. The normalized spacial score (nSPS) is 20.2. The number of nitrogens with one attached hydrogen (secondary N) is 1.